The van der Waals surface area contributed by atoms with Crippen LogP contribution in [-0.2, 0) is 28.6 Å². The molecule has 0 N–H and O–H groups in total. The summed E-state index contributed by atoms with van der Waals surface area (Å²) in [6.45, 7) is 6.73. The summed E-state index contributed by atoms with van der Waals surface area (Å²) in [5.74, 6) is -0.822. The largest absolute Gasteiger partial charge is 0.462 e. The van der Waals surface area contributed by atoms with Crippen LogP contribution in [0, 0.1) is 0 Å². The Morgan fingerprint density at radius 3 is 0.500 bits per heavy atom. The molecule has 6 heteroatoms. The number of hydrogen-bond donors (Lipinski definition) is 0. The highest BCUT2D eigenvalue weighted by atomic mass is 16.6. The first-order valence-electron chi connectivity index (χ1n) is 37.0. The fourth-order valence-electron chi connectivity index (χ4n) is 11.8. The quantitative estimate of drug-likeness (QED) is 0.0343. The maximum atomic E-state index is 12.9. The fourth-order valence-corrected chi connectivity index (χ4v) is 11.8. The highest BCUT2D eigenvalue weighted by Gasteiger charge is 2.20. The van der Waals surface area contributed by atoms with Gasteiger partial charge in [0, 0.05) is 19.3 Å². The Labute approximate surface area is 501 Å². The molecule has 0 aliphatic carbocycles. The van der Waals surface area contributed by atoms with Gasteiger partial charge in [-0.05, 0) is 19.3 Å². The molecule has 0 bridgehead atoms. The molecule has 0 aromatic carbocycles. The van der Waals surface area contributed by atoms with Crippen LogP contribution < -0.4 is 0 Å². The molecule has 80 heavy (non-hydrogen) atoms. The van der Waals surface area contributed by atoms with Crippen LogP contribution in [0.3, 0.4) is 0 Å². The van der Waals surface area contributed by atoms with E-state index in [4.69, 9.17) is 14.2 Å². The Balaban J connectivity index is 4.04. The summed E-state index contributed by atoms with van der Waals surface area (Å²) in [5.41, 5.74) is 0. The van der Waals surface area contributed by atoms with E-state index in [1.807, 2.05) is 0 Å². The summed E-state index contributed by atoms with van der Waals surface area (Å²) < 4.78 is 17.0. The minimum atomic E-state index is -0.763. The average Bonchev–Trinajstić information content (AvgIpc) is 3.46. The van der Waals surface area contributed by atoms with Crippen LogP contribution in [0.1, 0.15) is 438 Å². The number of carbonyl (C=O) groups is 3. The lowest BCUT2D eigenvalue weighted by Gasteiger charge is -2.18. The third kappa shape index (κ3) is 67.2. The first-order chi connectivity index (χ1) is 39.5. The fraction of sp³-hybridized carbons (Fsp3) is 0.959. The van der Waals surface area contributed by atoms with Crippen LogP contribution in [0.15, 0.2) is 0 Å². The van der Waals surface area contributed by atoms with E-state index in [9.17, 15) is 14.4 Å². The minimum absolute atomic E-state index is 0.0604. The molecule has 0 radical (unpaired) electrons. The molecule has 0 fully saturated rings. The molecule has 0 saturated carbocycles. The molecule has 0 spiro atoms. The number of hydrogen-bond acceptors (Lipinski definition) is 6. The van der Waals surface area contributed by atoms with E-state index < -0.39 is 6.10 Å². The number of carbonyl (C=O) groups excluding carboxylic acids is 3. The van der Waals surface area contributed by atoms with Gasteiger partial charge in [0.15, 0.2) is 6.10 Å². The van der Waals surface area contributed by atoms with Gasteiger partial charge < -0.3 is 14.2 Å². The van der Waals surface area contributed by atoms with Gasteiger partial charge in [-0.3, -0.25) is 14.4 Å². The third-order valence-corrected chi connectivity index (χ3v) is 17.4. The van der Waals surface area contributed by atoms with Crippen molar-refractivity contribution in [2.45, 2.75) is 444 Å². The van der Waals surface area contributed by atoms with Crippen molar-refractivity contribution in [2.75, 3.05) is 13.2 Å². The van der Waals surface area contributed by atoms with Gasteiger partial charge in [0.25, 0.3) is 0 Å². The zero-order valence-electron chi connectivity index (χ0n) is 54.9. The molecule has 0 saturated heterocycles. The summed E-state index contributed by atoms with van der Waals surface area (Å²) in [4.78, 5) is 38.4. The Morgan fingerprint density at radius 1 is 0.200 bits per heavy atom. The van der Waals surface area contributed by atoms with Gasteiger partial charge in [-0.2, -0.15) is 0 Å². The van der Waals surface area contributed by atoms with Crippen molar-refractivity contribution in [1.82, 2.24) is 0 Å². The first-order valence-corrected chi connectivity index (χ1v) is 37.0. The maximum absolute atomic E-state index is 12.9. The monoisotopic (exact) mass is 1130 g/mol. The minimum Gasteiger partial charge on any atom is -0.462 e. The topological polar surface area (TPSA) is 78.9 Å². The van der Waals surface area contributed by atoms with Gasteiger partial charge in [-0.15, -0.1) is 0 Å². The molecule has 0 heterocycles. The van der Waals surface area contributed by atoms with E-state index in [1.165, 1.54) is 340 Å². The Bertz CT molecular complexity index is 1200. The molecule has 476 valence electrons. The molecular formula is C74H144O6. The van der Waals surface area contributed by atoms with E-state index in [0.717, 1.165) is 57.8 Å². The van der Waals surface area contributed by atoms with Gasteiger partial charge in [0.2, 0.25) is 0 Å². The molecular weight excluding hydrogens is 985 g/mol. The molecule has 1 unspecified atom stereocenters. The van der Waals surface area contributed by atoms with Crippen LogP contribution in [-0.4, -0.2) is 37.2 Å². The second kappa shape index (κ2) is 69.9. The molecule has 0 aromatic rings. The maximum Gasteiger partial charge on any atom is 0.306 e. The van der Waals surface area contributed by atoms with Gasteiger partial charge >= 0.3 is 17.9 Å². The lowest BCUT2D eigenvalue weighted by molar-refractivity contribution is -0.167. The molecule has 0 aliphatic heterocycles. The number of esters is 3. The standard InChI is InChI=1S/C74H144O6/c1-4-7-10-13-16-19-22-24-26-28-30-31-32-33-34-35-36-37-38-39-40-41-42-44-45-47-49-52-55-58-61-64-67-73(76)79-70-71(69-78-72(75)66-63-60-57-54-51-21-18-15-12-9-6-3)80-74(77)68-65-62-59-56-53-50-48-46-43-29-27-25-23-20-17-14-11-8-5-2/h71H,4-70H2,1-3H3. The van der Waals surface area contributed by atoms with Crippen molar-refractivity contribution in [1.29, 1.82) is 0 Å². The zero-order valence-corrected chi connectivity index (χ0v) is 54.9. The summed E-state index contributed by atoms with van der Waals surface area (Å²) >= 11 is 0. The summed E-state index contributed by atoms with van der Waals surface area (Å²) in [6.07, 6.45) is 83.1. The zero-order chi connectivity index (χ0) is 57.8. The van der Waals surface area contributed by atoms with E-state index in [2.05, 4.69) is 20.8 Å². The molecule has 0 aliphatic rings. The third-order valence-electron chi connectivity index (χ3n) is 17.4. The second-order valence-electron chi connectivity index (χ2n) is 25.6. The highest BCUT2D eigenvalue weighted by molar-refractivity contribution is 5.71. The van der Waals surface area contributed by atoms with Crippen LogP contribution >= 0.6 is 0 Å². The molecule has 1 atom stereocenters. The average molecular weight is 1130 g/mol. The molecule has 6 nitrogen and oxygen atoms in total. The van der Waals surface area contributed by atoms with Crippen LogP contribution in [0.2, 0.25) is 0 Å². The van der Waals surface area contributed by atoms with Crippen LogP contribution in [0.25, 0.3) is 0 Å². The van der Waals surface area contributed by atoms with Crippen molar-refractivity contribution < 1.29 is 28.6 Å². The van der Waals surface area contributed by atoms with E-state index in [-0.39, 0.29) is 31.1 Å². The van der Waals surface area contributed by atoms with Gasteiger partial charge in [-0.25, -0.2) is 0 Å². The van der Waals surface area contributed by atoms with Crippen molar-refractivity contribution >= 4 is 17.9 Å². The summed E-state index contributed by atoms with van der Waals surface area (Å²) in [7, 11) is 0. The van der Waals surface area contributed by atoms with Crippen LogP contribution in [0.4, 0.5) is 0 Å². The lowest BCUT2D eigenvalue weighted by atomic mass is 10.0. The van der Waals surface area contributed by atoms with Gasteiger partial charge in [0.1, 0.15) is 13.2 Å². The SMILES string of the molecule is CCCCCCCCCCCCCCCCCCCCCCCCCCCCCCCCCCC(=O)OCC(COC(=O)CCCCCCCCCCCCC)OC(=O)CCCCCCCCCCCCCCCCCCCCC. The Morgan fingerprint density at radius 2 is 0.338 bits per heavy atom. The predicted molar refractivity (Wildman–Crippen MR) is 349 cm³/mol. The summed E-state index contributed by atoms with van der Waals surface area (Å²) in [5, 5.41) is 0. The van der Waals surface area contributed by atoms with E-state index >= 15 is 0 Å². The van der Waals surface area contributed by atoms with Crippen molar-refractivity contribution in [3.8, 4) is 0 Å². The second-order valence-corrected chi connectivity index (χ2v) is 25.6. The molecule has 0 rings (SSSR count). The van der Waals surface area contributed by atoms with E-state index in [1.54, 1.807) is 0 Å². The number of unbranched alkanes of at least 4 members (excludes halogenated alkanes) is 59. The van der Waals surface area contributed by atoms with Crippen molar-refractivity contribution in [3.05, 3.63) is 0 Å². The predicted octanol–water partition coefficient (Wildman–Crippen LogP) is 25.4. The lowest BCUT2D eigenvalue weighted by Crippen LogP contribution is -2.30. The normalized spacial score (nSPS) is 11.9. The first kappa shape index (κ1) is 78.4. The molecule has 0 amide bonds. The number of rotatable bonds is 70. The van der Waals surface area contributed by atoms with Gasteiger partial charge in [-0.1, -0.05) is 400 Å². The number of ether oxygens (including phenoxy) is 3. The smallest absolute Gasteiger partial charge is 0.306 e. The Kier molecular flexibility index (Phi) is 68.5. The highest BCUT2D eigenvalue weighted by Crippen LogP contribution is 2.20. The van der Waals surface area contributed by atoms with Gasteiger partial charge in [0.05, 0.1) is 0 Å². The molecule has 0 aromatic heterocycles. The van der Waals surface area contributed by atoms with E-state index in [0.29, 0.717) is 19.3 Å². The van der Waals surface area contributed by atoms with Crippen molar-refractivity contribution in [2.24, 2.45) is 0 Å². The van der Waals surface area contributed by atoms with Crippen LogP contribution in [0.5, 0.6) is 0 Å². The van der Waals surface area contributed by atoms with Crippen molar-refractivity contribution in [3.63, 3.8) is 0 Å². The Hall–Kier alpha value is -1.59. The summed E-state index contributed by atoms with van der Waals surface area (Å²) in [6, 6.07) is 0.